The highest BCUT2D eigenvalue weighted by molar-refractivity contribution is 7.14. The van der Waals surface area contributed by atoms with Crippen LogP contribution in [0.5, 0.6) is 5.75 Å². The van der Waals surface area contributed by atoms with Crippen molar-refractivity contribution in [2.45, 2.75) is 12.5 Å². The van der Waals surface area contributed by atoms with E-state index in [0.717, 1.165) is 0 Å². The average molecular weight is 472 g/mol. The van der Waals surface area contributed by atoms with Gasteiger partial charge in [-0.15, -0.1) is 22.7 Å². The number of thiophene rings is 1. The fourth-order valence-electron chi connectivity index (χ4n) is 3.30. The summed E-state index contributed by atoms with van der Waals surface area (Å²) in [5, 5.41) is 12.9. The fourth-order valence-corrected chi connectivity index (χ4v) is 4.83. The van der Waals surface area contributed by atoms with Crippen LogP contribution in [0.3, 0.4) is 0 Å². The first-order valence-electron chi connectivity index (χ1n) is 9.95. The number of nitrogens with zero attached hydrogens (tertiary/aromatic N) is 3. The Labute approximate surface area is 192 Å². The van der Waals surface area contributed by atoms with Crippen LogP contribution in [-0.2, 0) is 4.79 Å². The van der Waals surface area contributed by atoms with Gasteiger partial charge in [-0.05, 0) is 23.6 Å². The van der Waals surface area contributed by atoms with E-state index in [-0.39, 0.29) is 43.7 Å². The summed E-state index contributed by atoms with van der Waals surface area (Å²) in [6, 6.07) is 10.5. The van der Waals surface area contributed by atoms with Crippen LogP contribution in [-0.4, -0.2) is 59.3 Å². The zero-order valence-corrected chi connectivity index (χ0v) is 18.9. The monoisotopic (exact) mass is 471 g/mol. The van der Waals surface area contributed by atoms with E-state index in [4.69, 9.17) is 9.84 Å². The van der Waals surface area contributed by atoms with Gasteiger partial charge in [-0.25, -0.2) is 4.98 Å². The molecule has 0 fully saturated rings. The molecule has 32 heavy (non-hydrogen) atoms. The third-order valence-corrected chi connectivity index (χ3v) is 6.77. The molecule has 2 aromatic heterocycles. The van der Waals surface area contributed by atoms with Crippen LogP contribution in [0.2, 0.25) is 0 Å². The van der Waals surface area contributed by atoms with Gasteiger partial charge in [0.15, 0.2) is 5.13 Å². The SMILES string of the molecule is CN(CCO)C(=O)CCN(C(=O)c1cccs1)c1nc(C2Oc3ccccc3C2=O)cs1. The normalized spacial score (nSPS) is 14.7. The summed E-state index contributed by atoms with van der Waals surface area (Å²) in [5.74, 6) is -0.111. The molecule has 1 aliphatic heterocycles. The van der Waals surface area contributed by atoms with Gasteiger partial charge in [0, 0.05) is 31.9 Å². The molecule has 2 amide bonds. The molecule has 166 valence electrons. The lowest BCUT2D eigenvalue weighted by molar-refractivity contribution is -0.130. The highest BCUT2D eigenvalue weighted by Gasteiger charge is 2.36. The number of fused-ring (bicyclic) bond motifs is 1. The zero-order chi connectivity index (χ0) is 22.7. The molecule has 0 aliphatic carbocycles. The predicted molar refractivity (Wildman–Crippen MR) is 122 cm³/mol. The molecule has 0 bridgehead atoms. The highest BCUT2D eigenvalue weighted by Crippen LogP contribution is 2.38. The Morgan fingerprint density at radius 1 is 1.16 bits per heavy atom. The molecule has 1 aliphatic rings. The Balaban J connectivity index is 1.56. The van der Waals surface area contributed by atoms with Gasteiger partial charge in [0.25, 0.3) is 5.91 Å². The Bertz CT molecular complexity index is 1130. The predicted octanol–water partition coefficient (Wildman–Crippen LogP) is 3.01. The van der Waals surface area contributed by atoms with Gasteiger partial charge in [-0.2, -0.15) is 0 Å². The van der Waals surface area contributed by atoms with Crippen LogP contribution >= 0.6 is 22.7 Å². The van der Waals surface area contributed by atoms with Gasteiger partial charge in [-0.3, -0.25) is 19.3 Å². The van der Waals surface area contributed by atoms with Gasteiger partial charge in [0.1, 0.15) is 11.4 Å². The van der Waals surface area contributed by atoms with Crippen LogP contribution in [0.1, 0.15) is 38.2 Å². The van der Waals surface area contributed by atoms with Crippen molar-refractivity contribution in [3.63, 3.8) is 0 Å². The molecule has 0 spiro atoms. The second-order valence-corrected chi connectivity index (χ2v) is 8.92. The van der Waals surface area contributed by atoms with E-state index >= 15 is 0 Å². The number of aromatic nitrogens is 1. The summed E-state index contributed by atoms with van der Waals surface area (Å²) in [6.45, 7) is 0.215. The average Bonchev–Trinajstić information content (AvgIpc) is 3.55. The van der Waals surface area contributed by atoms with Gasteiger partial charge in [-0.1, -0.05) is 18.2 Å². The number of benzene rings is 1. The number of ether oxygens (including phenoxy) is 1. The molecule has 4 rings (SSSR count). The quantitative estimate of drug-likeness (QED) is 0.542. The summed E-state index contributed by atoms with van der Waals surface area (Å²) in [4.78, 5) is 46.2. The lowest BCUT2D eigenvalue weighted by atomic mass is 10.1. The first-order chi connectivity index (χ1) is 15.5. The van der Waals surface area contributed by atoms with Crippen LogP contribution in [0, 0.1) is 0 Å². The van der Waals surface area contributed by atoms with Crippen molar-refractivity contribution in [2.24, 2.45) is 0 Å². The molecule has 0 saturated carbocycles. The van der Waals surface area contributed by atoms with E-state index in [1.165, 1.54) is 32.5 Å². The van der Waals surface area contributed by atoms with E-state index < -0.39 is 6.10 Å². The number of thiazole rings is 1. The van der Waals surface area contributed by atoms with Crippen molar-refractivity contribution in [2.75, 3.05) is 31.6 Å². The maximum Gasteiger partial charge on any atom is 0.270 e. The lowest BCUT2D eigenvalue weighted by Crippen LogP contribution is -2.36. The number of carbonyl (C=O) groups excluding carboxylic acids is 3. The van der Waals surface area contributed by atoms with Crippen LogP contribution < -0.4 is 9.64 Å². The molecule has 8 nitrogen and oxygen atoms in total. The van der Waals surface area contributed by atoms with Crippen molar-refractivity contribution >= 4 is 45.4 Å². The summed E-state index contributed by atoms with van der Waals surface area (Å²) in [7, 11) is 1.60. The summed E-state index contributed by atoms with van der Waals surface area (Å²) in [6.07, 6.45) is -0.777. The molecular formula is C22H21N3O5S2. The van der Waals surface area contributed by atoms with E-state index in [1.54, 1.807) is 54.2 Å². The van der Waals surface area contributed by atoms with Gasteiger partial charge in [0.2, 0.25) is 17.8 Å². The Hall–Kier alpha value is -3.08. The summed E-state index contributed by atoms with van der Waals surface area (Å²) in [5.41, 5.74) is 0.940. The number of ketones is 1. The molecule has 0 radical (unpaired) electrons. The number of anilines is 1. The molecule has 1 aromatic carbocycles. The molecular weight excluding hydrogens is 450 g/mol. The second-order valence-electron chi connectivity index (χ2n) is 7.14. The third kappa shape index (κ3) is 4.43. The molecule has 1 N–H and O–H groups in total. The topological polar surface area (TPSA) is 100 Å². The third-order valence-electron chi connectivity index (χ3n) is 5.03. The van der Waals surface area contributed by atoms with E-state index in [9.17, 15) is 14.4 Å². The van der Waals surface area contributed by atoms with Crippen LogP contribution in [0.4, 0.5) is 5.13 Å². The molecule has 3 heterocycles. The number of carbonyl (C=O) groups is 3. The van der Waals surface area contributed by atoms with Crippen molar-refractivity contribution < 1.29 is 24.2 Å². The molecule has 0 saturated heterocycles. The van der Waals surface area contributed by atoms with Crippen LogP contribution in [0.25, 0.3) is 0 Å². The van der Waals surface area contributed by atoms with E-state index in [2.05, 4.69) is 4.98 Å². The summed E-state index contributed by atoms with van der Waals surface area (Å²) < 4.78 is 5.80. The van der Waals surface area contributed by atoms with Crippen molar-refractivity contribution in [3.8, 4) is 5.75 Å². The maximum atomic E-state index is 13.1. The highest BCUT2D eigenvalue weighted by atomic mass is 32.1. The first kappa shape index (κ1) is 22.1. The summed E-state index contributed by atoms with van der Waals surface area (Å²) >= 11 is 2.53. The number of hydrogen-bond donors (Lipinski definition) is 1. The standard InChI is InChI=1S/C22H21N3O5S2/c1-24(10-11-26)18(27)8-9-25(21(29)17-7-4-12-31-17)22-23-15(13-32-22)20-19(28)14-5-2-3-6-16(14)30-20/h2-7,12-13,20,26H,8-11H2,1H3. The van der Waals surface area contributed by atoms with E-state index in [0.29, 0.717) is 27.0 Å². The Morgan fingerprint density at radius 3 is 2.69 bits per heavy atom. The van der Waals surface area contributed by atoms with Gasteiger partial charge >= 0.3 is 0 Å². The van der Waals surface area contributed by atoms with Crippen molar-refractivity contribution in [1.82, 2.24) is 9.88 Å². The van der Waals surface area contributed by atoms with Gasteiger partial charge < -0.3 is 14.7 Å². The van der Waals surface area contributed by atoms with E-state index in [1.807, 2.05) is 0 Å². The molecule has 1 atom stereocenters. The molecule has 1 unspecified atom stereocenters. The molecule has 3 aromatic rings. The smallest absolute Gasteiger partial charge is 0.270 e. The van der Waals surface area contributed by atoms with Crippen molar-refractivity contribution in [3.05, 3.63) is 63.3 Å². The van der Waals surface area contributed by atoms with Gasteiger partial charge in [0.05, 0.1) is 17.0 Å². The largest absolute Gasteiger partial charge is 0.475 e. The lowest BCUT2D eigenvalue weighted by Gasteiger charge is -2.21. The first-order valence-corrected chi connectivity index (χ1v) is 11.7. The zero-order valence-electron chi connectivity index (χ0n) is 17.3. The number of rotatable bonds is 8. The second kappa shape index (κ2) is 9.60. The van der Waals surface area contributed by atoms with Crippen molar-refractivity contribution in [1.29, 1.82) is 0 Å². The minimum absolute atomic E-state index is 0.0762. The minimum atomic E-state index is -0.853. The number of aliphatic hydroxyl groups is 1. The minimum Gasteiger partial charge on any atom is -0.475 e. The number of Topliss-reactive ketones (excluding diaryl/α,β-unsaturated/α-hetero) is 1. The fraction of sp³-hybridized carbons (Fsp3) is 0.273. The number of likely N-dealkylation sites (N-methyl/N-ethyl adjacent to an activating group) is 1. The number of amides is 2. The number of aliphatic hydroxyl groups excluding tert-OH is 1. The Kier molecular flexibility index (Phi) is 6.63. The number of para-hydroxylation sites is 1. The number of hydrogen-bond acceptors (Lipinski definition) is 8. The Morgan fingerprint density at radius 2 is 1.97 bits per heavy atom. The molecule has 10 heteroatoms. The van der Waals surface area contributed by atoms with Crippen LogP contribution in [0.15, 0.2) is 47.2 Å². The maximum absolute atomic E-state index is 13.1.